The molecule has 5 nitrogen and oxygen atoms in total. The molecule has 0 unspecified atom stereocenters. The largest absolute Gasteiger partial charge is 0.461 e. The van der Waals surface area contributed by atoms with Crippen LogP contribution in [0, 0.1) is 0 Å². The monoisotopic (exact) mass is 265 g/mol. The third-order valence-electron chi connectivity index (χ3n) is 2.62. The van der Waals surface area contributed by atoms with Crippen LogP contribution in [0.25, 0.3) is 10.4 Å². The Balaban J connectivity index is 2.33. The van der Waals surface area contributed by atoms with Crippen molar-refractivity contribution >= 4 is 5.97 Å². The molecule has 0 aliphatic carbocycles. The maximum absolute atomic E-state index is 13.0. The van der Waals surface area contributed by atoms with Gasteiger partial charge in [0.15, 0.2) is 0 Å². The van der Waals surface area contributed by atoms with Crippen molar-refractivity contribution in [3.8, 4) is 0 Å². The van der Waals surface area contributed by atoms with Gasteiger partial charge in [-0.05, 0) is 24.4 Å². The van der Waals surface area contributed by atoms with Crippen LogP contribution < -0.4 is 0 Å². The third kappa shape index (κ3) is 5.88. The van der Waals surface area contributed by atoms with Gasteiger partial charge in [-0.25, -0.2) is 4.39 Å². The SMILES string of the molecule is C[C@H](F)[C@H](CCC(=O)OCc1ccccc1)N=[N+]=[N-]. The molecule has 0 radical (unpaired) electrons. The lowest BCUT2D eigenvalue weighted by atomic mass is 10.1. The number of hydrogen-bond acceptors (Lipinski definition) is 3. The van der Waals surface area contributed by atoms with Crippen molar-refractivity contribution in [1.29, 1.82) is 0 Å². The van der Waals surface area contributed by atoms with Crippen LogP contribution >= 0.6 is 0 Å². The van der Waals surface area contributed by atoms with Crippen LogP contribution in [0.3, 0.4) is 0 Å². The molecule has 1 aromatic carbocycles. The van der Waals surface area contributed by atoms with Gasteiger partial charge in [-0.1, -0.05) is 35.4 Å². The molecule has 0 saturated heterocycles. The summed E-state index contributed by atoms with van der Waals surface area (Å²) >= 11 is 0. The number of nitrogens with zero attached hydrogens (tertiary/aromatic N) is 3. The number of ether oxygens (including phenoxy) is 1. The van der Waals surface area contributed by atoms with E-state index in [4.69, 9.17) is 10.3 Å². The van der Waals surface area contributed by atoms with Crippen molar-refractivity contribution in [3.63, 3.8) is 0 Å². The summed E-state index contributed by atoms with van der Waals surface area (Å²) in [6, 6.07) is 8.45. The van der Waals surface area contributed by atoms with E-state index in [0.29, 0.717) is 0 Å². The van der Waals surface area contributed by atoms with Crippen molar-refractivity contribution < 1.29 is 13.9 Å². The van der Waals surface area contributed by atoms with Crippen LogP contribution in [0.4, 0.5) is 4.39 Å². The van der Waals surface area contributed by atoms with Gasteiger partial charge in [-0.3, -0.25) is 4.79 Å². The highest BCUT2D eigenvalue weighted by Gasteiger charge is 2.16. The summed E-state index contributed by atoms with van der Waals surface area (Å²) in [5.41, 5.74) is 9.17. The van der Waals surface area contributed by atoms with Gasteiger partial charge in [-0.2, -0.15) is 0 Å². The second-order valence-corrected chi connectivity index (χ2v) is 4.13. The molecule has 0 amide bonds. The summed E-state index contributed by atoms with van der Waals surface area (Å²) in [5, 5.41) is 3.31. The predicted molar refractivity (Wildman–Crippen MR) is 69.0 cm³/mol. The molecule has 0 aliphatic heterocycles. The summed E-state index contributed by atoms with van der Waals surface area (Å²) in [6.45, 7) is 1.49. The Labute approximate surface area is 111 Å². The highest BCUT2D eigenvalue weighted by Crippen LogP contribution is 2.12. The molecule has 1 aromatic rings. The number of benzene rings is 1. The minimum Gasteiger partial charge on any atom is -0.461 e. The van der Waals surface area contributed by atoms with Gasteiger partial charge in [0.2, 0.25) is 0 Å². The molecule has 19 heavy (non-hydrogen) atoms. The second-order valence-electron chi connectivity index (χ2n) is 4.13. The van der Waals surface area contributed by atoms with Gasteiger partial charge in [0.1, 0.15) is 12.8 Å². The average Bonchev–Trinajstić information content (AvgIpc) is 2.42. The summed E-state index contributed by atoms with van der Waals surface area (Å²) < 4.78 is 18.1. The number of carbonyl (C=O) groups excluding carboxylic acids is 1. The average molecular weight is 265 g/mol. The van der Waals surface area contributed by atoms with Gasteiger partial charge < -0.3 is 4.74 Å². The van der Waals surface area contributed by atoms with E-state index in [9.17, 15) is 9.18 Å². The van der Waals surface area contributed by atoms with E-state index in [0.717, 1.165) is 5.56 Å². The summed E-state index contributed by atoms with van der Waals surface area (Å²) in [5.74, 6) is -0.428. The topological polar surface area (TPSA) is 75.1 Å². The first kappa shape index (κ1) is 15.0. The minimum absolute atomic E-state index is 0.0325. The van der Waals surface area contributed by atoms with Crippen molar-refractivity contribution in [2.45, 2.75) is 38.6 Å². The van der Waals surface area contributed by atoms with Crippen LogP contribution in [0.15, 0.2) is 35.4 Å². The molecule has 0 heterocycles. The van der Waals surface area contributed by atoms with E-state index in [1.807, 2.05) is 30.3 Å². The first-order valence-corrected chi connectivity index (χ1v) is 6.01. The summed E-state index contributed by atoms with van der Waals surface area (Å²) in [4.78, 5) is 14.0. The Bertz CT molecular complexity index is 444. The van der Waals surface area contributed by atoms with Crippen LogP contribution in [0.5, 0.6) is 0 Å². The van der Waals surface area contributed by atoms with E-state index in [-0.39, 0.29) is 19.4 Å². The molecule has 0 fully saturated rings. The Morgan fingerprint density at radius 3 is 2.74 bits per heavy atom. The molecular weight excluding hydrogens is 249 g/mol. The Morgan fingerprint density at radius 2 is 2.16 bits per heavy atom. The molecular formula is C13H16FN3O2. The number of esters is 1. The third-order valence-corrected chi connectivity index (χ3v) is 2.62. The van der Waals surface area contributed by atoms with Crippen molar-refractivity contribution in [3.05, 3.63) is 46.3 Å². The van der Waals surface area contributed by atoms with E-state index < -0.39 is 18.2 Å². The maximum atomic E-state index is 13.0. The van der Waals surface area contributed by atoms with E-state index in [1.54, 1.807) is 0 Å². The molecule has 0 saturated carbocycles. The number of rotatable bonds is 7. The van der Waals surface area contributed by atoms with Gasteiger partial charge >= 0.3 is 5.97 Å². The molecule has 1 rings (SSSR count). The first-order valence-electron chi connectivity index (χ1n) is 6.01. The molecule has 102 valence electrons. The predicted octanol–water partition coefficient (Wildman–Crippen LogP) is 3.55. The molecule has 0 aromatic heterocycles. The maximum Gasteiger partial charge on any atom is 0.306 e. The van der Waals surface area contributed by atoms with E-state index in [1.165, 1.54) is 6.92 Å². The molecule has 2 atom stereocenters. The molecule has 6 heteroatoms. The van der Waals surface area contributed by atoms with E-state index >= 15 is 0 Å². The number of carbonyl (C=O) groups is 1. The Kier molecular flexibility index (Phi) is 6.39. The zero-order valence-corrected chi connectivity index (χ0v) is 10.7. The highest BCUT2D eigenvalue weighted by atomic mass is 19.1. The van der Waals surface area contributed by atoms with Crippen LogP contribution in [-0.4, -0.2) is 18.2 Å². The molecule has 0 aliphatic rings. The number of hydrogen-bond donors (Lipinski definition) is 0. The number of azide groups is 1. The number of halogens is 1. The normalized spacial score (nSPS) is 13.2. The zero-order chi connectivity index (χ0) is 14.1. The van der Waals surface area contributed by atoms with Crippen molar-refractivity contribution in [2.24, 2.45) is 5.11 Å². The van der Waals surface area contributed by atoms with Gasteiger partial charge in [0.25, 0.3) is 0 Å². The smallest absolute Gasteiger partial charge is 0.306 e. The summed E-state index contributed by atoms with van der Waals surface area (Å²) in [7, 11) is 0. The molecule has 0 N–H and O–H groups in total. The lowest BCUT2D eigenvalue weighted by Gasteiger charge is -2.11. The summed E-state index contributed by atoms with van der Waals surface area (Å²) in [6.07, 6.45) is -1.10. The quantitative estimate of drug-likeness (QED) is 0.327. The van der Waals surface area contributed by atoms with Crippen LogP contribution in [-0.2, 0) is 16.1 Å². The van der Waals surface area contributed by atoms with Gasteiger partial charge in [0, 0.05) is 11.3 Å². The van der Waals surface area contributed by atoms with E-state index in [2.05, 4.69) is 10.0 Å². The van der Waals surface area contributed by atoms with Crippen LogP contribution in [0.1, 0.15) is 25.3 Å². The second kappa shape index (κ2) is 8.11. The lowest BCUT2D eigenvalue weighted by Crippen LogP contribution is -2.18. The Morgan fingerprint density at radius 1 is 1.47 bits per heavy atom. The van der Waals surface area contributed by atoms with Crippen molar-refractivity contribution in [2.75, 3.05) is 0 Å². The van der Waals surface area contributed by atoms with Crippen LogP contribution in [0.2, 0.25) is 0 Å². The van der Waals surface area contributed by atoms with Gasteiger partial charge in [0.05, 0.1) is 6.04 Å². The Hall–Kier alpha value is -2.07. The highest BCUT2D eigenvalue weighted by molar-refractivity contribution is 5.69. The standard InChI is InChI=1S/C13H16FN3O2/c1-10(14)12(16-17-15)7-8-13(18)19-9-11-5-3-2-4-6-11/h2-6,10,12H,7-9H2,1H3/t10-,12-/m0/s1. The zero-order valence-electron chi connectivity index (χ0n) is 10.7. The lowest BCUT2D eigenvalue weighted by molar-refractivity contribution is -0.145. The number of alkyl halides is 1. The van der Waals surface area contributed by atoms with Crippen molar-refractivity contribution in [1.82, 2.24) is 0 Å². The van der Waals surface area contributed by atoms with Gasteiger partial charge in [-0.15, -0.1) is 0 Å². The fourth-order valence-corrected chi connectivity index (χ4v) is 1.52. The minimum atomic E-state index is -1.28. The first-order chi connectivity index (χ1) is 9.13. The fourth-order valence-electron chi connectivity index (χ4n) is 1.52. The molecule has 0 spiro atoms. The molecule has 0 bridgehead atoms. The fraction of sp³-hybridized carbons (Fsp3) is 0.462.